The van der Waals surface area contributed by atoms with Gasteiger partial charge in [-0.1, -0.05) is 65.0 Å². The number of carbonyl (C=O) groups is 1. The van der Waals surface area contributed by atoms with Gasteiger partial charge in [-0.15, -0.1) is 0 Å². The number of aldehydes is 1. The maximum Gasteiger partial charge on any atom is 0.193 e. The van der Waals surface area contributed by atoms with Crippen LogP contribution in [0.4, 0.5) is 0 Å². The summed E-state index contributed by atoms with van der Waals surface area (Å²) in [6.07, 6.45) is 1.73. The van der Waals surface area contributed by atoms with Gasteiger partial charge in [0.15, 0.2) is 14.6 Å². The first-order valence-corrected chi connectivity index (χ1v) is 10.7. The first kappa shape index (κ1) is 18.1. The van der Waals surface area contributed by atoms with E-state index in [1.807, 2.05) is 30.3 Å². The first-order valence-electron chi connectivity index (χ1n) is 7.76. The molecule has 0 aliphatic carbocycles. The van der Waals surface area contributed by atoms with Crippen LogP contribution in [0.5, 0.6) is 0 Å². The Bertz CT molecular complexity index is 460. The van der Waals surface area contributed by atoms with Crippen molar-refractivity contribution in [1.82, 2.24) is 0 Å². The third-order valence-electron chi connectivity index (χ3n) is 4.41. The monoisotopic (exact) mass is 306 g/mol. The van der Waals surface area contributed by atoms with Crippen LogP contribution < -0.4 is 0 Å². The van der Waals surface area contributed by atoms with Gasteiger partial charge in [0.05, 0.1) is 0 Å². The van der Waals surface area contributed by atoms with Crippen LogP contribution >= 0.6 is 0 Å². The van der Waals surface area contributed by atoms with E-state index < -0.39 is 13.9 Å². The Hall–Kier alpha value is -0.933. The van der Waals surface area contributed by atoms with Crippen LogP contribution in [-0.2, 0) is 14.8 Å². The Labute approximate surface area is 131 Å². The molecule has 1 atom stereocenters. The molecule has 21 heavy (non-hydrogen) atoms. The van der Waals surface area contributed by atoms with Crippen molar-refractivity contribution in [3.8, 4) is 0 Å². The molecule has 0 fully saturated rings. The fraction of sp³-hybridized carbons (Fsp3) is 0.611. The molecule has 2 nitrogen and oxygen atoms in total. The number of benzene rings is 1. The summed E-state index contributed by atoms with van der Waals surface area (Å²) in [7, 11) is -2.04. The van der Waals surface area contributed by atoms with Crippen LogP contribution in [0.3, 0.4) is 0 Å². The summed E-state index contributed by atoms with van der Waals surface area (Å²) in [6, 6.07) is 9.93. The van der Waals surface area contributed by atoms with E-state index >= 15 is 0 Å². The average molecular weight is 307 g/mol. The molecule has 0 unspecified atom stereocenters. The lowest BCUT2D eigenvalue weighted by Gasteiger charge is -2.44. The van der Waals surface area contributed by atoms with Crippen molar-refractivity contribution >= 4 is 14.6 Å². The molecule has 0 radical (unpaired) electrons. The minimum atomic E-state index is -2.04. The van der Waals surface area contributed by atoms with Gasteiger partial charge in [0.2, 0.25) is 0 Å². The zero-order valence-electron chi connectivity index (χ0n) is 14.6. The van der Waals surface area contributed by atoms with Crippen LogP contribution in [0.2, 0.25) is 18.1 Å². The van der Waals surface area contributed by atoms with Crippen molar-refractivity contribution in [1.29, 1.82) is 0 Å². The summed E-state index contributed by atoms with van der Waals surface area (Å²) >= 11 is 0. The van der Waals surface area contributed by atoms with E-state index in [1.54, 1.807) is 0 Å². The lowest BCUT2D eigenvalue weighted by Crippen LogP contribution is -2.49. The predicted octanol–water partition coefficient (Wildman–Crippen LogP) is 5.15. The van der Waals surface area contributed by atoms with Crippen LogP contribution in [0.25, 0.3) is 0 Å². The number of hydrogen-bond acceptors (Lipinski definition) is 2. The molecule has 0 saturated carbocycles. The largest absolute Gasteiger partial charge is 0.401 e. The molecule has 1 aromatic carbocycles. The standard InChI is InChI=1S/C18H30O2Si/c1-15(2)13-18(14-19,16-11-9-8-10-12-16)20-21(6,7)17(3,4)5/h8-12,14-15H,13H2,1-7H3/t18-/m0/s1. The minimum absolute atomic E-state index is 0.0764. The van der Waals surface area contributed by atoms with Gasteiger partial charge in [0.25, 0.3) is 0 Å². The number of rotatable bonds is 6. The third-order valence-corrected chi connectivity index (χ3v) is 8.89. The highest BCUT2D eigenvalue weighted by molar-refractivity contribution is 6.74. The Morgan fingerprint density at radius 1 is 1.14 bits per heavy atom. The van der Waals surface area contributed by atoms with Gasteiger partial charge in [0.1, 0.15) is 5.60 Å². The topological polar surface area (TPSA) is 26.3 Å². The van der Waals surface area contributed by atoms with E-state index in [-0.39, 0.29) is 5.04 Å². The molecule has 0 amide bonds. The van der Waals surface area contributed by atoms with Gasteiger partial charge in [-0.3, -0.25) is 4.79 Å². The summed E-state index contributed by atoms with van der Waals surface area (Å²) in [4.78, 5) is 12.1. The maximum absolute atomic E-state index is 12.1. The molecule has 0 spiro atoms. The van der Waals surface area contributed by atoms with Crippen LogP contribution in [0, 0.1) is 5.92 Å². The second kappa shape index (κ2) is 6.45. The lowest BCUT2D eigenvalue weighted by molar-refractivity contribution is -0.124. The molecule has 0 N–H and O–H groups in total. The van der Waals surface area contributed by atoms with E-state index in [1.165, 1.54) is 0 Å². The number of hydrogen-bond donors (Lipinski definition) is 0. The Morgan fingerprint density at radius 2 is 1.67 bits per heavy atom. The summed E-state index contributed by atoms with van der Waals surface area (Å²) in [6.45, 7) is 15.3. The normalized spacial score (nSPS) is 15.8. The van der Waals surface area contributed by atoms with Gasteiger partial charge < -0.3 is 4.43 Å². The van der Waals surface area contributed by atoms with E-state index in [4.69, 9.17) is 4.43 Å². The highest BCUT2D eigenvalue weighted by Crippen LogP contribution is 2.43. The smallest absolute Gasteiger partial charge is 0.193 e. The highest BCUT2D eigenvalue weighted by Gasteiger charge is 2.46. The molecule has 0 aliphatic rings. The fourth-order valence-electron chi connectivity index (χ4n) is 2.29. The van der Waals surface area contributed by atoms with Gasteiger partial charge in [-0.05, 0) is 36.0 Å². The van der Waals surface area contributed by atoms with E-state index in [2.05, 4.69) is 47.7 Å². The first-order chi connectivity index (χ1) is 9.54. The number of carbonyl (C=O) groups excluding carboxylic acids is 1. The van der Waals surface area contributed by atoms with E-state index in [9.17, 15) is 4.79 Å². The van der Waals surface area contributed by atoms with Crippen molar-refractivity contribution in [2.75, 3.05) is 0 Å². The SMILES string of the molecule is CC(C)C[C@@](C=O)(O[Si](C)(C)C(C)(C)C)c1ccccc1. The quantitative estimate of drug-likeness (QED) is 0.537. The fourth-order valence-corrected chi connectivity index (χ4v) is 3.76. The molecular weight excluding hydrogens is 276 g/mol. The van der Waals surface area contributed by atoms with Crippen LogP contribution in [-0.4, -0.2) is 14.6 Å². The zero-order chi connectivity index (χ0) is 16.3. The predicted molar refractivity (Wildman–Crippen MR) is 91.9 cm³/mol. The second-order valence-electron chi connectivity index (χ2n) is 7.83. The molecule has 0 aromatic heterocycles. The van der Waals surface area contributed by atoms with Crippen molar-refractivity contribution < 1.29 is 9.22 Å². The van der Waals surface area contributed by atoms with Crippen molar-refractivity contribution in [2.45, 2.75) is 64.8 Å². The molecule has 0 aliphatic heterocycles. The summed E-state index contributed by atoms with van der Waals surface area (Å²) in [5.74, 6) is 0.389. The highest BCUT2D eigenvalue weighted by atomic mass is 28.4. The Balaban J connectivity index is 3.29. The van der Waals surface area contributed by atoms with Crippen molar-refractivity contribution in [3.05, 3.63) is 35.9 Å². The average Bonchev–Trinajstić information content (AvgIpc) is 2.36. The van der Waals surface area contributed by atoms with Gasteiger partial charge in [-0.25, -0.2) is 0 Å². The molecule has 0 heterocycles. The van der Waals surface area contributed by atoms with E-state index in [0.717, 1.165) is 11.8 Å². The van der Waals surface area contributed by atoms with Gasteiger partial charge >= 0.3 is 0 Å². The molecular formula is C18H30O2Si. The van der Waals surface area contributed by atoms with Crippen molar-refractivity contribution in [2.24, 2.45) is 5.92 Å². The molecule has 3 heteroatoms. The van der Waals surface area contributed by atoms with Gasteiger partial charge in [-0.2, -0.15) is 0 Å². The molecule has 118 valence electrons. The minimum Gasteiger partial charge on any atom is -0.401 e. The molecule has 1 aromatic rings. The second-order valence-corrected chi connectivity index (χ2v) is 12.6. The maximum atomic E-state index is 12.1. The van der Waals surface area contributed by atoms with Crippen LogP contribution in [0.15, 0.2) is 30.3 Å². The lowest BCUT2D eigenvalue weighted by atomic mass is 9.87. The van der Waals surface area contributed by atoms with E-state index in [0.29, 0.717) is 12.3 Å². The third kappa shape index (κ3) is 4.27. The van der Waals surface area contributed by atoms with Gasteiger partial charge in [0, 0.05) is 0 Å². The van der Waals surface area contributed by atoms with Crippen molar-refractivity contribution in [3.63, 3.8) is 0 Å². The Kier molecular flexibility index (Phi) is 5.56. The summed E-state index contributed by atoms with van der Waals surface area (Å²) < 4.78 is 6.61. The van der Waals surface area contributed by atoms with Crippen LogP contribution in [0.1, 0.15) is 46.6 Å². The summed E-state index contributed by atoms with van der Waals surface area (Å²) in [5.41, 5.74) is 0.150. The zero-order valence-corrected chi connectivity index (χ0v) is 15.6. The molecule has 1 rings (SSSR count). The Morgan fingerprint density at radius 3 is 2.05 bits per heavy atom. The molecule has 0 saturated heterocycles. The summed E-state index contributed by atoms with van der Waals surface area (Å²) in [5, 5.41) is 0.0764. The molecule has 0 bridgehead atoms.